The van der Waals surface area contributed by atoms with E-state index in [1.807, 2.05) is 42.6 Å². The van der Waals surface area contributed by atoms with Crippen LogP contribution in [0.5, 0.6) is 0 Å². The molecule has 1 saturated heterocycles. The van der Waals surface area contributed by atoms with Crippen molar-refractivity contribution >= 4 is 22.7 Å². The molecule has 3 heterocycles. The molecule has 3 N–H and O–H groups in total. The van der Waals surface area contributed by atoms with Crippen LogP contribution in [0.4, 0.5) is 11.8 Å². The van der Waals surface area contributed by atoms with Crippen molar-refractivity contribution in [3.8, 4) is 11.3 Å². The maximum absolute atomic E-state index is 5.86. The number of benzene rings is 1. The molecule has 1 aromatic carbocycles. The van der Waals surface area contributed by atoms with E-state index in [0.717, 1.165) is 41.1 Å². The molecule has 0 spiro atoms. The number of nitrogen functional groups attached to an aromatic ring is 1. The Hall–Kier alpha value is -2.73. The summed E-state index contributed by atoms with van der Waals surface area (Å²) in [6.07, 6.45) is 4.48. The van der Waals surface area contributed by atoms with Crippen molar-refractivity contribution in [1.82, 2.24) is 19.9 Å². The van der Waals surface area contributed by atoms with Crippen molar-refractivity contribution in [3.05, 3.63) is 42.6 Å². The molecule has 1 aliphatic rings. The first kappa shape index (κ1) is 15.8. The van der Waals surface area contributed by atoms with Crippen molar-refractivity contribution < 1.29 is 0 Å². The lowest BCUT2D eigenvalue weighted by atomic mass is 10.1. The number of fused-ring (bicyclic) bond motifs is 1. The van der Waals surface area contributed by atoms with E-state index < -0.39 is 0 Å². The smallest absolute Gasteiger partial charge is 0.221 e. The molecule has 0 aliphatic carbocycles. The van der Waals surface area contributed by atoms with Crippen LogP contribution in [0.1, 0.15) is 12.8 Å². The molecule has 128 valence electrons. The quantitative estimate of drug-likeness (QED) is 0.747. The number of likely N-dealkylation sites (tertiary alicyclic amines) is 1. The molecule has 1 fully saturated rings. The zero-order chi connectivity index (χ0) is 17.1. The van der Waals surface area contributed by atoms with Gasteiger partial charge in [-0.2, -0.15) is 0 Å². The van der Waals surface area contributed by atoms with Gasteiger partial charge in [-0.05, 0) is 44.1 Å². The molecular weight excluding hydrogens is 312 g/mol. The third kappa shape index (κ3) is 3.53. The van der Waals surface area contributed by atoms with Crippen molar-refractivity contribution in [2.45, 2.75) is 12.8 Å². The van der Waals surface area contributed by atoms with Crippen LogP contribution in [0.25, 0.3) is 22.2 Å². The topological polar surface area (TPSA) is 80.0 Å². The van der Waals surface area contributed by atoms with E-state index in [9.17, 15) is 0 Å². The van der Waals surface area contributed by atoms with E-state index in [0.29, 0.717) is 0 Å². The van der Waals surface area contributed by atoms with Gasteiger partial charge in [0.25, 0.3) is 0 Å². The zero-order valence-electron chi connectivity index (χ0n) is 14.2. The number of para-hydroxylation sites is 1. The molecule has 25 heavy (non-hydrogen) atoms. The Bertz CT molecular complexity index is 855. The van der Waals surface area contributed by atoms with E-state index in [4.69, 9.17) is 5.73 Å². The van der Waals surface area contributed by atoms with Gasteiger partial charge in [-0.1, -0.05) is 18.2 Å². The molecule has 0 amide bonds. The van der Waals surface area contributed by atoms with Crippen molar-refractivity contribution in [1.29, 1.82) is 0 Å². The molecule has 0 atom stereocenters. The summed E-state index contributed by atoms with van der Waals surface area (Å²) in [5.41, 5.74) is 8.46. The average molecular weight is 334 g/mol. The summed E-state index contributed by atoms with van der Waals surface area (Å²) in [4.78, 5) is 15.7. The molecular formula is C19H22N6. The van der Waals surface area contributed by atoms with Crippen LogP contribution < -0.4 is 11.1 Å². The molecule has 0 bridgehead atoms. The molecule has 6 nitrogen and oxygen atoms in total. The Morgan fingerprint density at radius 3 is 2.68 bits per heavy atom. The number of rotatable bonds is 5. The highest BCUT2D eigenvalue weighted by Crippen LogP contribution is 2.26. The van der Waals surface area contributed by atoms with Gasteiger partial charge in [0.1, 0.15) is 5.82 Å². The maximum Gasteiger partial charge on any atom is 0.221 e. The van der Waals surface area contributed by atoms with Crippen molar-refractivity contribution in [3.63, 3.8) is 0 Å². The largest absolute Gasteiger partial charge is 0.369 e. The Morgan fingerprint density at radius 2 is 1.88 bits per heavy atom. The maximum atomic E-state index is 5.86. The van der Waals surface area contributed by atoms with Gasteiger partial charge in [-0.25, -0.2) is 15.0 Å². The van der Waals surface area contributed by atoms with Crippen molar-refractivity contribution in [2.24, 2.45) is 0 Å². The van der Waals surface area contributed by atoms with Crippen LogP contribution in [0.3, 0.4) is 0 Å². The predicted octanol–water partition coefficient (Wildman–Crippen LogP) is 2.78. The zero-order valence-corrected chi connectivity index (χ0v) is 14.2. The van der Waals surface area contributed by atoms with Crippen LogP contribution in [-0.4, -0.2) is 46.0 Å². The first-order chi connectivity index (χ1) is 12.3. The highest BCUT2D eigenvalue weighted by molar-refractivity contribution is 5.92. The fourth-order valence-electron chi connectivity index (χ4n) is 3.30. The normalized spacial score (nSPS) is 14.9. The van der Waals surface area contributed by atoms with E-state index in [-0.39, 0.29) is 5.95 Å². The third-order valence-corrected chi connectivity index (χ3v) is 4.59. The fourth-order valence-corrected chi connectivity index (χ4v) is 3.30. The van der Waals surface area contributed by atoms with Gasteiger partial charge in [0.15, 0.2) is 0 Å². The minimum atomic E-state index is 0.279. The first-order valence-electron chi connectivity index (χ1n) is 8.74. The summed E-state index contributed by atoms with van der Waals surface area (Å²) in [6.45, 7) is 4.42. The number of pyridine rings is 1. The Morgan fingerprint density at radius 1 is 1.04 bits per heavy atom. The Balaban J connectivity index is 1.50. The summed E-state index contributed by atoms with van der Waals surface area (Å²) in [5.74, 6) is 1.16. The van der Waals surface area contributed by atoms with E-state index in [1.54, 1.807) is 0 Å². The standard InChI is InChI=1S/C19H22N6/c20-19-23-16-6-2-1-5-15(16)18(24-19)14-7-8-17(22-13-14)21-9-12-25-10-3-4-11-25/h1-2,5-8,13H,3-4,9-12H2,(H,21,22)(H2,20,23,24). The third-order valence-electron chi connectivity index (χ3n) is 4.59. The molecule has 4 rings (SSSR count). The van der Waals surface area contributed by atoms with E-state index in [2.05, 4.69) is 25.2 Å². The number of aromatic nitrogens is 3. The minimum absolute atomic E-state index is 0.279. The molecule has 6 heteroatoms. The van der Waals surface area contributed by atoms with E-state index in [1.165, 1.54) is 25.9 Å². The van der Waals surface area contributed by atoms with Crippen LogP contribution >= 0.6 is 0 Å². The lowest BCUT2D eigenvalue weighted by Crippen LogP contribution is -2.26. The van der Waals surface area contributed by atoms with Gasteiger partial charge in [-0.15, -0.1) is 0 Å². The van der Waals surface area contributed by atoms with Gasteiger partial charge < -0.3 is 16.0 Å². The summed E-state index contributed by atoms with van der Waals surface area (Å²) in [6, 6.07) is 11.9. The minimum Gasteiger partial charge on any atom is -0.369 e. The summed E-state index contributed by atoms with van der Waals surface area (Å²) >= 11 is 0. The number of nitrogens with zero attached hydrogens (tertiary/aromatic N) is 4. The number of anilines is 2. The second-order valence-corrected chi connectivity index (χ2v) is 6.36. The van der Waals surface area contributed by atoms with Gasteiger partial charge in [0.2, 0.25) is 5.95 Å². The second kappa shape index (κ2) is 7.03. The highest BCUT2D eigenvalue weighted by Gasteiger charge is 2.11. The summed E-state index contributed by atoms with van der Waals surface area (Å²) in [5, 5.41) is 4.37. The lowest BCUT2D eigenvalue weighted by molar-refractivity contribution is 0.352. The molecule has 1 aliphatic heterocycles. The fraction of sp³-hybridized carbons (Fsp3) is 0.316. The van der Waals surface area contributed by atoms with Gasteiger partial charge in [-0.3, -0.25) is 0 Å². The Kier molecular flexibility index (Phi) is 4.43. The second-order valence-electron chi connectivity index (χ2n) is 6.36. The molecule has 0 saturated carbocycles. The first-order valence-corrected chi connectivity index (χ1v) is 8.74. The van der Waals surface area contributed by atoms with Gasteiger partial charge in [0.05, 0.1) is 11.2 Å². The van der Waals surface area contributed by atoms with Crippen LogP contribution in [0.2, 0.25) is 0 Å². The number of nitrogens with two attached hydrogens (primary N) is 1. The predicted molar refractivity (Wildman–Crippen MR) is 101 cm³/mol. The Labute approximate surface area is 147 Å². The van der Waals surface area contributed by atoms with Gasteiger partial charge in [0, 0.05) is 30.2 Å². The average Bonchev–Trinajstić information content (AvgIpc) is 3.15. The molecule has 0 unspecified atom stereocenters. The monoisotopic (exact) mass is 334 g/mol. The summed E-state index contributed by atoms with van der Waals surface area (Å²) in [7, 11) is 0. The molecule has 2 aromatic heterocycles. The highest BCUT2D eigenvalue weighted by atomic mass is 15.2. The SMILES string of the molecule is Nc1nc(-c2ccc(NCCN3CCCC3)nc2)c2ccccc2n1. The summed E-state index contributed by atoms with van der Waals surface area (Å²) < 4.78 is 0. The van der Waals surface area contributed by atoms with Crippen LogP contribution in [0, 0.1) is 0 Å². The number of hydrogen-bond donors (Lipinski definition) is 2. The number of nitrogens with one attached hydrogen (secondary N) is 1. The lowest BCUT2D eigenvalue weighted by Gasteiger charge is -2.15. The van der Waals surface area contributed by atoms with Gasteiger partial charge >= 0.3 is 0 Å². The van der Waals surface area contributed by atoms with E-state index >= 15 is 0 Å². The van der Waals surface area contributed by atoms with Crippen LogP contribution in [0.15, 0.2) is 42.6 Å². The van der Waals surface area contributed by atoms with Crippen molar-refractivity contribution in [2.75, 3.05) is 37.2 Å². The number of hydrogen-bond acceptors (Lipinski definition) is 6. The molecule has 0 radical (unpaired) electrons. The molecule has 3 aromatic rings. The van der Waals surface area contributed by atoms with Crippen LogP contribution in [-0.2, 0) is 0 Å².